The van der Waals surface area contributed by atoms with Crippen LogP contribution in [-0.2, 0) is 19.1 Å². The molecule has 0 unspecified atom stereocenters. The van der Waals surface area contributed by atoms with Crippen molar-refractivity contribution in [2.24, 2.45) is 16.7 Å². The topological polar surface area (TPSA) is 52.6 Å². The van der Waals surface area contributed by atoms with E-state index >= 15 is 0 Å². The number of hydrogen-bond donors (Lipinski definition) is 0. The van der Waals surface area contributed by atoms with Gasteiger partial charge in [-0.15, -0.1) is 0 Å². The maximum absolute atomic E-state index is 11.9. The first-order chi connectivity index (χ1) is 8.46. The molecule has 0 N–H and O–H groups in total. The largest absolute Gasteiger partial charge is 0.464 e. The summed E-state index contributed by atoms with van der Waals surface area (Å²) in [6, 6.07) is 0. The van der Waals surface area contributed by atoms with Gasteiger partial charge in [0, 0.05) is 0 Å². The molecule has 4 nitrogen and oxygen atoms in total. The summed E-state index contributed by atoms with van der Waals surface area (Å²) in [4.78, 5) is 23.7. The highest BCUT2D eigenvalue weighted by Gasteiger charge is 2.30. The third-order valence-corrected chi connectivity index (χ3v) is 2.27. The van der Waals surface area contributed by atoms with Crippen LogP contribution < -0.4 is 0 Å². The van der Waals surface area contributed by atoms with Crippen LogP contribution in [0.25, 0.3) is 0 Å². The molecule has 0 saturated carbocycles. The van der Waals surface area contributed by atoms with Crippen LogP contribution in [0.15, 0.2) is 0 Å². The number of ether oxygens (including phenoxy) is 2. The average Bonchev–Trinajstić information content (AvgIpc) is 2.22. The predicted octanol–water partition coefficient (Wildman–Crippen LogP) is 3.19. The second kappa shape index (κ2) is 6.92. The molecule has 0 aliphatic carbocycles. The molecule has 0 aliphatic rings. The average molecular weight is 272 g/mol. The molecule has 0 amide bonds. The SMILES string of the molecule is CCC(C(=O)OCC(C)(C)C)C(=O)OCC(C)(C)C. The molecule has 0 spiro atoms. The van der Waals surface area contributed by atoms with Gasteiger partial charge in [-0.1, -0.05) is 48.5 Å². The second-order valence-electron chi connectivity index (χ2n) is 7.30. The zero-order chi connectivity index (χ0) is 15.3. The van der Waals surface area contributed by atoms with Crippen molar-refractivity contribution in [2.75, 3.05) is 13.2 Å². The summed E-state index contributed by atoms with van der Waals surface area (Å²) in [5.74, 6) is -1.79. The van der Waals surface area contributed by atoms with Gasteiger partial charge in [0.1, 0.15) is 0 Å². The smallest absolute Gasteiger partial charge is 0.320 e. The van der Waals surface area contributed by atoms with Crippen molar-refractivity contribution in [3.05, 3.63) is 0 Å². The number of carbonyl (C=O) groups excluding carboxylic acids is 2. The predicted molar refractivity (Wildman–Crippen MR) is 74.6 cm³/mol. The molecule has 0 atom stereocenters. The summed E-state index contributed by atoms with van der Waals surface area (Å²) in [6.07, 6.45) is 0.395. The van der Waals surface area contributed by atoms with Crippen molar-refractivity contribution in [3.63, 3.8) is 0 Å². The third kappa shape index (κ3) is 8.62. The molecule has 19 heavy (non-hydrogen) atoms. The molecule has 0 fully saturated rings. The number of esters is 2. The van der Waals surface area contributed by atoms with Gasteiger partial charge in [-0.25, -0.2) is 0 Å². The van der Waals surface area contributed by atoms with Crippen molar-refractivity contribution in [2.45, 2.75) is 54.9 Å². The van der Waals surface area contributed by atoms with Crippen LogP contribution in [0, 0.1) is 16.7 Å². The van der Waals surface area contributed by atoms with Crippen molar-refractivity contribution < 1.29 is 19.1 Å². The van der Waals surface area contributed by atoms with E-state index in [4.69, 9.17) is 9.47 Å². The van der Waals surface area contributed by atoms with Crippen molar-refractivity contribution in [1.82, 2.24) is 0 Å². The highest BCUT2D eigenvalue weighted by atomic mass is 16.6. The highest BCUT2D eigenvalue weighted by Crippen LogP contribution is 2.18. The van der Waals surface area contributed by atoms with Crippen molar-refractivity contribution in [1.29, 1.82) is 0 Å². The first-order valence-electron chi connectivity index (χ1n) is 6.79. The minimum absolute atomic E-state index is 0.108. The summed E-state index contributed by atoms with van der Waals surface area (Å²) < 4.78 is 10.3. The Labute approximate surface area is 116 Å². The van der Waals surface area contributed by atoms with Crippen molar-refractivity contribution >= 4 is 11.9 Å². The van der Waals surface area contributed by atoms with Gasteiger partial charge in [0.05, 0.1) is 13.2 Å². The fraction of sp³-hybridized carbons (Fsp3) is 0.867. The molecule has 0 saturated heterocycles. The van der Waals surface area contributed by atoms with E-state index < -0.39 is 17.9 Å². The fourth-order valence-corrected chi connectivity index (χ4v) is 1.21. The Kier molecular flexibility index (Phi) is 6.53. The lowest BCUT2D eigenvalue weighted by Gasteiger charge is -2.22. The normalized spacial score (nSPS) is 12.4. The maximum Gasteiger partial charge on any atom is 0.320 e. The Balaban J connectivity index is 4.39. The van der Waals surface area contributed by atoms with E-state index in [-0.39, 0.29) is 10.8 Å². The van der Waals surface area contributed by atoms with Crippen molar-refractivity contribution in [3.8, 4) is 0 Å². The molecule has 0 aromatic rings. The lowest BCUT2D eigenvalue weighted by atomic mass is 9.98. The monoisotopic (exact) mass is 272 g/mol. The van der Waals surface area contributed by atoms with Crippen LogP contribution in [0.5, 0.6) is 0 Å². The van der Waals surface area contributed by atoms with E-state index in [0.29, 0.717) is 19.6 Å². The molecule has 0 aromatic heterocycles. The quantitative estimate of drug-likeness (QED) is 0.569. The summed E-state index contributed by atoms with van der Waals surface area (Å²) >= 11 is 0. The summed E-state index contributed by atoms with van der Waals surface area (Å²) in [6.45, 7) is 14.2. The van der Waals surface area contributed by atoms with Gasteiger partial charge >= 0.3 is 11.9 Å². The number of hydrogen-bond acceptors (Lipinski definition) is 4. The molecule has 112 valence electrons. The van der Waals surface area contributed by atoms with Gasteiger partial charge in [0.2, 0.25) is 0 Å². The Morgan fingerprint density at radius 1 is 0.842 bits per heavy atom. The summed E-state index contributed by atoms with van der Waals surface area (Å²) in [5.41, 5.74) is -0.216. The highest BCUT2D eigenvalue weighted by molar-refractivity contribution is 5.94. The Bertz CT molecular complexity index is 277. The Hall–Kier alpha value is -1.06. The van der Waals surface area contributed by atoms with Gasteiger partial charge < -0.3 is 9.47 Å². The molecule has 4 heteroatoms. The molecular formula is C15H28O4. The zero-order valence-corrected chi connectivity index (χ0v) is 13.3. The van der Waals surface area contributed by atoms with E-state index in [0.717, 1.165) is 0 Å². The molecule has 0 rings (SSSR count). The maximum atomic E-state index is 11.9. The first-order valence-corrected chi connectivity index (χ1v) is 6.79. The lowest BCUT2D eigenvalue weighted by Crippen LogP contribution is -2.31. The fourth-order valence-electron chi connectivity index (χ4n) is 1.21. The van der Waals surface area contributed by atoms with E-state index in [2.05, 4.69) is 0 Å². The van der Waals surface area contributed by atoms with Crippen LogP contribution >= 0.6 is 0 Å². The molecule has 0 aliphatic heterocycles. The summed E-state index contributed by atoms with van der Waals surface area (Å²) in [7, 11) is 0. The van der Waals surface area contributed by atoms with Gasteiger partial charge in [-0.3, -0.25) is 9.59 Å². The van der Waals surface area contributed by atoms with Gasteiger partial charge in [-0.05, 0) is 17.3 Å². The number of carbonyl (C=O) groups is 2. The summed E-state index contributed by atoms with van der Waals surface area (Å²) in [5, 5.41) is 0. The molecule has 0 heterocycles. The van der Waals surface area contributed by atoms with E-state index in [1.54, 1.807) is 6.92 Å². The van der Waals surface area contributed by atoms with Crippen LogP contribution in [0.3, 0.4) is 0 Å². The standard InChI is InChI=1S/C15H28O4/c1-8-11(12(16)18-9-14(2,3)4)13(17)19-10-15(5,6)7/h11H,8-10H2,1-7H3. The van der Waals surface area contributed by atoms with Crippen LogP contribution in [0.2, 0.25) is 0 Å². The molecule has 0 aromatic carbocycles. The van der Waals surface area contributed by atoms with Gasteiger partial charge in [0.25, 0.3) is 0 Å². The third-order valence-electron chi connectivity index (χ3n) is 2.27. The lowest BCUT2D eigenvalue weighted by molar-refractivity contribution is -0.165. The zero-order valence-electron chi connectivity index (χ0n) is 13.3. The van der Waals surface area contributed by atoms with Gasteiger partial charge in [0.15, 0.2) is 5.92 Å². The number of rotatable bonds is 5. The van der Waals surface area contributed by atoms with E-state index in [1.165, 1.54) is 0 Å². The van der Waals surface area contributed by atoms with Crippen LogP contribution in [0.1, 0.15) is 54.9 Å². The van der Waals surface area contributed by atoms with E-state index in [1.807, 2.05) is 41.5 Å². The first kappa shape index (κ1) is 17.9. The Morgan fingerprint density at radius 3 is 1.37 bits per heavy atom. The van der Waals surface area contributed by atoms with Crippen LogP contribution in [-0.4, -0.2) is 25.2 Å². The molecule has 0 bridgehead atoms. The van der Waals surface area contributed by atoms with E-state index in [9.17, 15) is 9.59 Å². The second-order valence-corrected chi connectivity index (χ2v) is 7.30. The molecular weight excluding hydrogens is 244 g/mol. The minimum atomic E-state index is -0.815. The van der Waals surface area contributed by atoms with Gasteiger partial charge in [-0.2, -0.15) is 0 Å². The van der Waals surface area contributed by atoms with Crippen LogP contribution in [0.4, 0.5) is 0 Å². The Morgan fingerprint density at radius 2 is 1.16 bits per heavy atom. The minimum Gasteiger partial charge on any atom is -0.464 e. The molecule has 0 radical (unpaired) electrons.